The van der Waals surface area contributed by atoms with Crippen LogP contribution >= 0.6 is 0 Å². The molecule has 0 saturated carbocycles. The van der Waals surface area contributed by atoms with E-state index in [-0.39, 0.29) is 0 Å². The number of hydrogen-bond donors (Lipinski definition) is 3. The molecule has 1 atom stereocenters. The average molecular weight is 310 g/mol. The highest BCUT2D eigenvalue weighted by atomic mass is 16.5. The summed E-state index contributed by atoms with van der Waals surface area (Å²) in [4.78, 5) is 19.0. The van der Waals surface area contributed by atoms with Crippen molar-refractivity contribution in [2.24, 2.45) is 5.73 Å². The summed E-state index contributed by atoms with van der Waals surface area (Å²) in [6.07, 6.45) is 3.85. The van der Waals surface area contributed by atoms with Crippen molar-refractivity contribution in [3.05, 3.63) is 48.3 Å². The molecule has 3 aliphatic heterocycles. The number of aromatic nitrogens is 2. The summed E-state index contributed by atoms with van der Waals surface area (Å²) in [6.45, 7) is 0. The van der Waals surface area contributed by atoms with Gasteiger partial charge in [-0.05, 0) is 42.3 Å². The highest BCUT2D eigenvalue weighted by molar-refractivity contribution is 5.98. The molecule has 0 saturated heterocycles. The van der Waals surface area contributed by atoms with Gasteiger partial charge in [-0.25, -0.2) is 0 Å². The Morgan fingerprint density at radius 1 is 1.35 bits per heavy atom. The van der Waals surface area contributed by atoms with E-state index in [2.05, 4.69) is 9.97 Å². The highest BCUT2D eigenvalue weighted by Gasteiger charge is 2.30. The third-order valence-corrected chi connectivity index (χ3v) is 3.89. The molecule has 23 heavy (non-hydrogen) atoms. The Balaban J connectivity index is 1.68. The monoisotopic (exact) mass is 310 g/mol. The molecule has 4 N–H and O–H groups in total. The van der Waals surface area contributed by atoms with Crippen LogP contribution in [0.4, 0.5) is 5.69 Å². The summed E-state index contributed by atoms with van der Waals surface area (Å²) in [5.74, 6) is 0.597. The Morgan fingerprint density at radius 3 is 3.09 bits per heavy atom. The maximum atomic E-state index is 11.7. The van der Waals surface area contributed by atoms with Crippen LogP contribution in [0.5, 0.6) is 11.6 Å². The number of H-pyrrole nitrogens is 1. The van der Waals surface area contributed by atoms with Crippen LogP contribution in [0.3, 0.4) is 0 Å². The maximum Gasteiger partial charge on any atom is 0.267 e. The van der Waals surface area contributed by atoms with Gasteiger partial charge in [0.05, 0.1) is 11.7 Å². The molecule has 4 rings (SSSR count). The maximum absolute atomic E-state index is 11.7. The molecule has 116 valence electrons. The highest BCUT2D eigenvalue weighted by Crippen LogP contribution is 2.34. The predicted molar refractivity (Wildman–Crippen MR) is 82.7 cm³/mol. The number of hydroxylamine groups is 1. The number of benzene rings is 1. The summed E-state index contributed by atoms with van der Waals surface area (Å²) in [5, 5.41) is 10.4. The van der Waals surface area contributed by atoms with E-state index in [9.17, 15) is 10.0 Å². The van der Waals surface area contributed by atoms with Gasteiger partial charge in [0.2, 0.25) is 5.88 Å². The molecule has 3 aliphatic rings. The largest absolute Gasteiger partial charge is 0.439 e. The lowest BCUT2D eigenvalue weighted by Crippen LogP contribution is -2.47. The van der Waals surface area contributed by atoms with Gasteiger partial charge >= 0.3 is 0 Å². The second-order valence-corrected chi connectivity index (χ2v) is 5.41. The van der Waals surface area contributed by atoms with Crippen LogP contribution in [0.1, 0.15) is 5.56 Å². The Hall–Kier alpha value is -2.90. The van der Waals surface area contributed by atoms with Crippen molar-refractivity contribution >= 4 is 11.6 Å². The van der Waals surface area contributed by atoms with Crippen LogP contribution in [0.25, 0.3) is 11.3 Å². The number of carbonyl (C=O) groups is 1. The first kappa shape index (κ1) is 13.7. The summed E-state index contributed by atoms with van der Waals surface area (Å²) >= 11 is 0. The number of nitrogens with zero attached hydrogens (tertiary/aromatic N) is 2. The van der Waals surface area contributed by atoms with Gasteiger partial charge < -0.3 is 15.5 Å². The number of rotatable bonds is 2. The van der Waals surface area contributed by atoms with Crippen LogP contribution in [0.15, 0.2) is 42.7 Å². The van der Waals surface area contributed by atoms with Crippen LogP contribution in [0.2, 0.25) is 0 Å². The van der Waals surface area contributed by atoms with Crippen molar-refractivity contribution in [3.63, 3.8) is 0 Å². The number of hydrogen-bond acceptors (Lipinski definition) is 5. The molecule has 0 aromatic heterocycles. The molecule has 0 fully saturated rings. The molecule has 1 aromatic rings. The summed E-state index contributed by atoms with van der Waals surface area (Å²) in [7, 11) is 0. The molecular weight excluding hydrogens is 296 g/mol. The minimum absolute atomic E-state index is 0.352. The second kappa shape index (κ2) is 5.08. The lowest BCUT2D eigenvalue weighted by atomic mass is 9.99. The van der Waals surface area contributed by atoms with Gasteiger partial charge in [0.25, 0.3) is 5.91 Å². The second-order valence-electron chi connectivity index (χ2n) is 5.41. The molecule has 0 spiro atoms. The fourth-order valence-corrected chi connectivity index (χ4v) is 2.74. The predicted octanol–water partition coefficient (Wildman–Crippen LogP) is 1.91. The molecule has 0 radical (unpaired) electrons. The van der Waals surface area contributed by atoms with Crippen LogP contribution in [-0.4, -0.2) is 27.1 Å². The normalized spacial score (nSPS) is 17.4. The van der Waals surface area contributed by atoms with Gasteiger partial charge in [-0.1, -0.05) is 0 Å². The number of nitrogens with one attached hydrogen (secondary N) is 1. The molecule has 1 unspecified atom stereocenters. The van der Waals surface area contributed by atoms with Gasteiger partial charge in [-0.2, -0.15) is 5.06 Å². The fraction of sp³-hybridized carbons (Fsp3) is 0.125. The number of amides is 1. The quantitative estimate of drug-likeness (QED) is 0.627. The topological polar surface area (TPSA) is 104 Å². The van der Waals surface area contributed by atoms with Crippen LogP contribution in [0, 0.1) is 0 Å². The van der Waals surface area contributed by atoms with Crippen molar-refractivity contribution in [3.8, 4) is 22.9 Å². The van der Waals surface area contributed by atoms with Gasteiger partial charge in [-0.15, -0.1) is 0 Å². The Kier molecular flexibility index (Phi) is 3.03. The minimum Gasteiger partial charge on any atom is -0.439 e. The van der Waals surface area contributed by atoms with E-state index < -0.39 is 11.9 Å². The number of aromatic amines is 1. The van der Waals surface area contributed by atoms with Crippen LogP contribution < -0.4 is 15.5 Å². The van der Waals surface area contributed by atoms with E-state index >= 15 is 0 Å². The molecule has 0 bridgehead atoms. The zero-order chi connectivity index (χ0) is 16.0. The lowest BCUT2D eigenvalue weighted by Gasteiger charge is -2.27. The van der Waals surface area contributed by atoms with Crippen molar-refractivity contribution in [1.82, 2.24) is 9.97 Å². The van der Waals surface area contributed by atoms with E-state index in [1.807, 2.05) is 12.1 Å². The first-order valence-electron chi connectivity index (χ1n) is 7.15. The fourth-order valence-electron chi connectivity index (χ4n) is 2.74. The number of anilines is 1. The molecule has 1 aromatic carbocycles. The van der Waals surface area contributed by atoms with E-state index in [0.717, 1.165) is 16.8 Å². The number of pyridine rings is 1. The zero-order valence-corrected chi connectivity index (χ0v) is 12.1. The first-order valence-corrected chi connectivity index (χ1v) is 7.15. The molecule has 0 aliphatic carbocycles. The van der Waals surface area contributed by atoms with Gasteiger partial charge in [-0.3, -0.25) is 15.0 Å². The van der Waals surface area contributed by atoms with Crippen molar-refractivity contribution < 1.29 is 14.7 Å². The minimum atomic E-state index is -0.755. The third kappa shape index (κ3) is 2.23. The lowest BCUT2D eigenvalue weighted by molar-refractivity contribution is -0.125. The molecule has 7 nitrogen and oxygen atoms in total. The summed E-state index contributed by atoms with van der Waals surface area (Å²) in [6, 6.07) is 8.14. The average Bonchev–Trinajstić information content (AvgIpc) is 3.02. The standard InChI is InChI=1S/C16H14N4O3/c17-12-8-10-7-11(1-2-13(10)20(22)16(12)21)23-15-14-9(3-5-18-14)4-6-19-15/h1-7,12,19,22H,8,17H2. The molecular formula is C16H14N4O3. The number of carbonyl (C=O) groups excluding carboxylic acids is 1. The van der Waals surface area contributed by atoms with E-state index in [0.29, 0.717) is 28.8 Å². The van der Waals surface area contributed by atoms with Crippen molar-refractivity contribution in [2.45, 2.75) is 12.5 Å². The summed E-state index contributed by atoms with van der Waals surface area (Å²) in [5.41, 5.74) is 8.63. The molecule has 7 heteroatoms. The van der Waals surface area contributed by atoms with Gasteiger partial charge in [0, 0.05) is 18.0 Å². The van der Waals surface area contributed by atoms with Crippen molar-refractivity contribution in [1.29, 1.82) is 0 Å². The van der Waals surface area contributed by atoms with Gasteiger partial charge in [0.15, 0.2) is 0 Å². The Bertz CT molecular complexity index is 860. The summed E-state index contributed by atoms with van der Waals surface area (Å²) < 4.78 is 5.87. The molecule has 3 heterocycles. The Morgan fingerprint density at radius 2 is 2.22 bits per heavy atom. The van der Waals surface area contributed by atoms with Crippen LogP contribution in [-0.2, 0) is 11.2 Å². The van der Waals surface area contributed by atoms with Gasteiger partial charge in [0.1, 0.15) is 11.4 Å². The number of ether oxygens (including phenoxy) is 1. The van der Waals surface area contributed by atoms with E-state index in [1.165, 1.54) is 0 Å². The third-order valence-electron chi connectivity index (χ3n) is 3.89. The molecule has 1 amide bonds. The number of nitrogens with two attached hydrogens (primary N) is 1. The number of fused-ring (bicyclic) bond motifs is 2. The van der Waals surface area contributed by atoms with E-state index in [4.69, 9.17) is 10.5 Å². The SMILES string of the molecule is NC1Cc2cc(Oc3[nH]ccc4ccnc3-4)ccc2N(O)C1=O. The van der Waals surface area contributed by atoms with E-state index in [1.54, 1.807) is 30.6 Å². The van der Waals surface area contributed by atoms with Crippen molar-refractivity contribution in [2.75, 3.05) is 5.06 Å². The first-order chi connectivity index (χ1) is 11.1. The smallest absolute Gasteiger partial charge is 0.267 e. The zero-order valence-electron chi connectivity index (χ0n) is 12.1. The Labute approximate surface area is 131 Å².